The largest absolute Gasteiger partial charge is 0.495 e. The molecule has 0 atom stereocenters. The van der Waals surface area contributed by atoms with E-state index in [4.69, 9.17) is 4.74 Å². The molecule has 0 unspecified atom stereocenters. The standard InChI is InChI=1S/C19H22FN3O/c1-15(16-7-9-17(20)10-8-16)21-23-13-11-22(12-14-23)18-5-3-4-6-19(18)24-2/h3-10,21H,1,11-14H2,2H3. The predicted octanol–water partition coefficient (Wildman–Crippen LogP) is 3.13. The van der Waals surface area contributed by atoms with Gasteiger partial charge in [-0.1, -0.05) is 18.7 Å². The third-order valence-corrected chi connectivity index (χ3v) is 4.19. The molecule has 1 N–H and O–H groups in total. The van der Waals surface area contributed by atoms with Crippen molar-refractivity contribution in [3.8, 4) is 5.75 Å². The average molecular weight is 327 g/mol. The van der Waals surface area contributed by atoms with E-state index in [9.17, 15) is 4.39 Å². The van der Waals surface area contributed by atoms with E-state index in [-0.39, 0.29) is 5.82 Å². The first-order valence-corrected chi connectivity index (χ1v) is 8.02. The molecule has 3 rings (SSSR count). The van der Waals surface area contributed by atoms with E-state index in [1.807, 2.05) is 18.2 Å². The zero-order valence-corrected chi connectivity index (χ0v) is 13.8. The van der Waals surface area contributed by atoms with Crippen molar-refractivity contribution in [1.82, 2.24) is 10.4 Å². The molecular weight excluding hydrogens is 305 g/mol. The van der Waals surface area contributed by atoms with Crippen LogP contribution in [0.1, 0.15) is 5.56 Å². The van der Waals surface area contributed by atoms with Crippen LogP contribution in [0.2, 0.25) is 0 Å². The van der Waals surface area contributed by atoms with Gasteiger partial charge in [0.15, 0.2) is 0 Å². The molecule has 0 amide bonds. The van der Waals surface area contributed by atoms with Crippen molar-refractivity contribution in [3.63, 3.8) is 0 Å². The smallest absolute Gasteiger partial charge is 0.142 e. The minimum Gasteiger partial charge on any atom is -0.495 e. The lowest BCUT2D eigenvalue weighted by molar-refractivity contribution is 0.214. The predicted molar refractivity (Wildman–Crippen MR) is 95.3 cm³/mol. The van der Waals surface area contributed by atoms with E-state index in [1.165, 1.54) is 12.1 Å². The van der Waals surface area contributed by atoms with Crippen LogP contribution >= 0.6 is 0 Å². The third kappa shape index (κ3) is 3.68. The monoisotopic (exact) mass is 327 g/mol. The van der Waals surface area contributed by atoms with E-state index in [1.54, 1.807) is 19.2 Å². The van der Waals surface area contributed by atoms with Gasteiger partial charge < -0.3 is 15.1 Å². The van der Waals surface area contributed by atoms with Crippen molar-refractivity contribution in [2.75, 3.05) is 38.2 Å². The van der Waals surface area contributed by atoms with Crippen LogP contribution in [0.15, 0.2) is 55.1 Å². The van der Waals surface area contributed by atoms with Gasteiger partial charge in [0, 0.05) is 31.9 Å². The number of nitrogens with zero attached hydrogens (tertiary/aromatic N) is 2. The second-order valence-corrected chi connectivity index (χ2v) is 5.74. The van der Waals surface area contributed by atoms with Gasteiger partial charge in [-0.25, -0.2) is 9.40 Å². The number of rotatable bonds is 5. The normalized spacial score (nSPS) is 15.2. The molecule has 1 fully saturated rings. The molecule has 0 radical (unpaired) electrons. The van der Waals surface area contributed by atoms with Gasteiger partial charge in [-0.15, -0.1) is 0 Å². The quantitative estimate of drug-likeness (QED) is 0.913. The molecule has 5 heteroatoms. The molecule has 4 nitrogen and oxygen atoms in total. The molecule has 1 heterocycles. The minimum absolute atomic E-state index is 0.239. The van der Waals surface area contributed by atoms with E-state index in [0.717, 1.165) is 48.9 Å². The maximum absolute atomic E-state index is 13.0. The highest BCUT2D eigenvalue weighted by atomic mass is 19.1. The van der Waals surface area contributed by atoms with Gasteiger partial charge in [0.05, 0.1) is 12.8 Å². The number of benzene rings is 2. The molecule has 126 valence electrons. The van der Waals surface area contributed by atoms with Crippen molar-refractivity contribution in [2.45, 2.75) is 0 Å². The summed E-state index contributed by atoms with van der Waals surface area (Å²) in [6.45, 7) is 7.55. The van der Waals surface area contributed by atoms with Gasteiger partial charge in [0.2, 0.25) is 0 Å². The lowest BCUT2D eigenvalue weighted by atomic mass is 10.2. The highest BCUT2D eigenvalue weighted by molar-refractivity contribution is 5.61. The molecule has 0 aromatic heterocycles. The Labute approximate surface area is 142 Å². The topological polar surface area (TPSA) is 27.7 Å². The van der Waals surface area contributed by atoms with Gasteiger partial charge in [-0.2, -0.15) is 0 Å². The van der Waals surface area contributed by atoms with Crippen molar-refractivity contribution in [3.05, 3.63) is 66.5 Å². The summed E-state index contributed by atoms with van der Waals surface area (Å²) in [5, 5.41) is 2.14. The molecule has 0 spiro atoms. The fourth-order valence-electron chi connectivity index (χ4n) is 2.86. The van der Waals surface area contributed by atoms with Crippen LogP contribution in [0.4, 0.5) is 10.1 Å². The van der Waals surface area contributed by atoms with Crippen LogP contribution in [0.25, 0.3) is 5.70 Å². The Balaban J connectivity index is 1.57. The summed E-state index contributed by atoms with van der Waals surface area (Å²) in [6, 6.07) is 14.4. The van der Waals surface area contributed by atoms with Gasteiger partial charge >= 0.3 is 0 Å². The van der Waals surface area contributed by atoms with Gasteiger partial charge in [-0.3, -0.25) is 0 Å². The fraction of sp³-hybridized carbons (Fsp3) is 0.263. The second kappa shape index (κ2) is 7.36. The van der Waals surface area contributed by atoms with Crippen LogP contribution in [0, 0.1) is 5.82 Å². The number of hydrazine groups is 1. The summed E-state index contributed by atoms with van der Waals surface area (Å²) in [7, 11) is 1.70. The first kappa shape index (κ1) is 16.3. The maximum atomic E-state index is 13.0. The number of anilines is 1. The number of hydrogen-bond acceptors (Lipinski definition) is 4. The summed E-state index contributed by atoms with van der Waals surface area (Å²) in [5.74, 6) is 0.659. The number of methoxy groups -OCH3 is 1. The Morgan fingerprint density at radius 3 is 2.38 bits per heavy atom. The van der Waals surface area contributed by atoms with E-state index in [0.29, 0.717) is 0 Å². The number of hydrogen-bond donors (Lipinski definition) is 1. The first-order valence-electron chi connectivity index (χ1n) is 8.02. The van der Waals surface area contributed by atoms with Gasteiger partial charge in [0.1, 0.15) is 11.6 Å². The highest BCUT2D eigenvalue weighted by Crippen LogP contribution is 2.28. The lowest BCUT2D eigenvalue weighted by Gasteiger charge is -2.37. The Kier molecular flexibility index (Phi) is 5.01. The molecular formula is C19H22FN3O. The molecule has 2 aromatic rings. The van der Waals surface area contributed by atoms with Crippen LogP contribution < -0.4 is 15.1 Å². The maximum Gasteiger partial charge on any atom is 0.142 e. The summed E-state index contributed by atoms with van der Waals surface area (Å²) < 4.78 is 18.4. The van der Waals surface area contributed by atoms with Crippen LogP contribution in [-0.4, -0.2) is 38.3 Å². The summed E-state index contributed by atoms with van der Waals surface area (Å²) in [6.07, 6.45) is 0. The minimum atomic E-state index is -0.239. The Morgan fingerprint density at radius 1 is 1.04 bits per heavy atom. The number of ether oxygens (including phenoxy) is 1. The Bertz CT molecular complexity index is 694. The number of nitrogens with one attached hydrogen (secondary N) is 1. The highest BCUT2D eigenvalue weighted by Gasteiger charge is 2.19. The van der Waals surface area contributed by atoms with E-state index >= 15 is 0 Å². The zero-order chi connectivity index (χ0) is 16.9. The van der Waals surface area contributed by atoms with Crippen molar-refractivity contribution in [1.29, 1.82) is 0 Å². The SMILES string of the molecule is C=C(NN1CCN(c2ccccc2OC)CC1)c1ccc(F)cc1. The molecule has 24 heavy (non-hydrogen) atoms. The van der Waals surface area contributed by atoms with Crippen molar-refractivity contribution >= 4 is 11.4 Å². The Hall–Kier alpha value is -2.53. The van der Waals surface area contributed by atoms with Gasteiger partial charge in [-0.05, 0) is 42.0 Å². The molecule has 0 bridgehead atoms. The second-order valence-electron chi connectivity index (χ2n) is 5.74. The van der Waals surface area contributed by atoms with E-state index in [2.05, 4.69) is 28.0 Å². The Morgan fingerprint density at radius 2 is 1.71 bits per heavy atom. The molecule has 1 aliphatic rings. The van der Waals surface area contributed by atoms with Crippen LogP contribution in [0.5, 0.6) is 5.75 Å². The van der Waals surface area contributed by atoms with Crippen LogP contribution in [0.3, 0.4) is 0 Å². The van der Waals surface area contributed by atoms with Crippen molar-refractivity contribution < 1.29 is 9.13 Å². The number of piperazine rings is 1. The zero-order valence-electron chi connectivity index (χ0n) is 13.8. The summed E-state index contributed by atoms with van der Waals surface area (Å²) >= 11 is 0. The average Bonchev–Trinajstić information content (AvgIpc) is 2.63. The number of halogens is 1. The molecule has 0 aliphatic carbocycles. The van der Waals surface area contributed by atoms with Gasteiger partial charge in [0.25, 0.3) is 0 Å². The fourth-order valence-corrected chi connectivity index (χ4v) is 2.86. The van der Waals surface area contributed by atoms with Crippen LogP contribution in [-0.2, 0) is 0 Å². The molecule has 0 saturated carbocycles. The van der Waals surface area contributed by atoms with E-state index < -0.39 is 0 Å². The molecule has 1 saturated heterocycles. The molecule has 2 aromatic carbocycles. The molecule has 1 aliphatic heterocycles. The number of para-hydroxylation sites is 2. The third-order valence-electron chi connectivity index (χ3n) is 4.19. The summed E-state index contributed by atoms with van der Waals surface area (Å²) in [5.41, 5.74) is 6.11. The lowest BCUT2D eigenvalue weighted by Crippen LogP contribution is -2.51. The first-order chi connectivity index (χ1) is 11.7. The van der Waals surface area contributed by atoms with Crippen molar-refractivity contribution in [2.24, 2.45) is 0 Å². The summed E-state index contributed by atoms with van der Waals surface area (Å²) in [4.78, 5) is 2.32.